The van der Waals surface area contributed by atoms with Crippen LogP contribution in [-0.2, 0) is 6.42 Å². The van der Waals surface area contributed by atoms with Crippen LogP contribution in [0.25, 0.3) is 0 Å². The van der Waals surface area contributed by atoms with E-state index in [9.17, 15) is 0 Å². The Morgan fingerprint density at radius 1 is 1.19 bits per heavy atom. The molecule has 0 aromatic heterocycles. The SMILES string of the molecule is CNCC(CC1Cc2ccccc2O1)c1ccccc1Br. The zero-order chi connectivity index (χ0) is 14.7. The Hall–Kier alpha value is -1.32. The van der Waals surface area contributed by atoms with E-state index in [0.29, 0.717) is 5.92 Å². The third-order valence-corrected chi connectivity index (χ3v) is 4.78. The maximum atomic E-state index is 6.10. The molecule has 3 rings (SSSR count). The van der Waals surface area contributed by atoms with Gasteiger partial charge in [-0.1, -0.05) is 52.3 Å². The summed E-state index contributed by atoms with van der Waals surface area (Å²) in [5.74, 6) is 1.50. The molecule has 2 unspecified atom stereocenters. The van der Waals surface area contributed by atoms with Gasteiger partial charge in [0.2, 0.25) is 0 Å². The zero-order valence-corrected chi connectivity index (χ0v) is 13.8. The molecule has 0 saturated carbocycles. The van der Waals surface area contributed by atoms with E-state index in [4.69, 9.17) is 4.74 Å². The highest BCUT2D eigenvalue weighted by Crippen LogP contribution is 2.34. The molecule has 1 aliphatic heterocycles. The van der Waals surface area contributed by atoms with Crippen molar-refractivity contribution in [2.45, 2.75) is 24.9 Å². The second kappa shape index (κ2) is 6.63. The number of benzene rings is 2. The van der Waals surface area contributed by atoms with Crippen LogP contribution in [0.5, 0.6) is 5.75 Å². The monoisotopic (exact) mass is 345 g/mol. The zero-order valence-electron chi connectivity index (χ0n) is 12.2. The maximum absolute atomic E-state index is 6.10. The van der Waals surface area contributed by atoms with Crippen LogP contribution in [0.4, 0.5) is 0 Å². The summed E-state index contributed by atoms with van der Waals surface area (Å²) in [6.07, 6.45) is 2.31. The molecule has 0 bridgehead atoms. The molecule has 2 aromatic carbocycles. The van der Waals surface area contributed by atoms with Crippen LogP contribution in [0.1, 0.15) is 23.5 Å². The van der Waals surface area contributed by atoms with Crippen LogP contribution in [0.3, 0.4) is 0 Å². The average Bonchev–Trinajstić information content (AvgIpc) is 2.89. The van der Waals surface area contributed by atoms with E-state index in [1.807, 2.05) is 13.1 Å². The number of likely N-dealkylation sites (N-methyl/N-ethyl adjacent to an activating group) is 1. The first-order valence-electron chi connectivity index (χ1n) is 7.41. The average molecular weight is 346 g/mol. The van der Waals surface area contributed by atoms with Crippen molar-refractivity contribution in [1.82, 2.24) is 5.32 Å². The number of fused-ring (bicyclic) bond motifs is 1. The number of hydrogen-bond donors (Lipinski definition) is 1. The number of para-hydroxylation sites is 1. The van der Waals surface area contributed by atoms with E-state index in [-0.39, 0.29) is 6.10 Å². The fourth-order valence-corrected chi connectivity index (χ4v) is 3.68. The summed E-state index contributed by atoms with van der Waals surface area (Å²) in [4.78, 5) is 0. The molecular weight excluding hydrogens is 326 g/mol. The van der Waals surface area contributed by atoms with Crippen LogP contribution in [0, 0.1) is 0 Å². The quantitative estimate of drug-likeness (QED) is 0.878. The predicted molar refractivity (Wildman–Crippen MR) is 90.0 cm³/mol. The topological polar surface area (TPSA) is 21.3 Å². The van der Waals surface area contributed by atoms with Crippen molar-refractivity contribution in [3.8, 4) is 5.75 Å². The van der Waals surface area contributed by atoms with Crippen molar-refractivity contribution in [3.05, 3.63) is 64.1 Å². The smallest absolute Gasteiger partial charge is 0.123 e. The van der Waals surface area contributed by atoms with Gasteiger partial charge in [0, 0.05) is 23.4 Å². The van der Waals surface area contributed by atoms with Crippen LogP contribution in [0.2, 0.25) is 0 Å². The van der Waals surface area contributed by atoms with Gasteiger partial charge in [-0.05, 0) is 36.7 Å². The van der Waals surface area contributed by atoms with Gasteiger partial charge in [0.1, 0.15) is 11.9 Å². The molecule has 110 valence electrons. The number of rotatable bonds is 5. The summed E-state index contributed by atoms with van der Waals surface area (Å²) >= 11 is 3.68. The van der Waals surface area contributed by atoms with Crippen LogP contribution in [-0.4, -0.2) is 19.7 Å². The third-order valence-electron chi connectivity index (χ3n) is 4.06. The lowest BCUT2D eigenvalue weighted by Crippen LogP contribution is -2.24. The van der Waals surface area contributed by atoms with Crippen molar-refractivity contribution < 1.29 is 4.74 Å². The molecule has 2 aromatic rings. The van der Waals surface area contributed by atoms with E-state index >= 15 is 0 Å². The summed E-state index contributed by atoms with van der Waals surface area (Å²) in [6, 6.07) is 16.8. The number of hydrogen-bond acceptors (Lipinski definition) is 2. The van der Waals surface area contributed by atoms with E-state index in [1.165, 1.54) is 15.6 Å². The summed E-state index contributed by atoms with van der Waals surface area (Å²) in [5.41, 5.74) is 2.68. The highest BCUT2D eigenvalue weighted by molar-refractivity contribution is 9.10. The molecule has 0 spiro atoms. The molecular formula is C18H20BrNO. The van der Waals surface area contributed by atoms with Gasteiger partial charge in [0.05, 0.1) is 0 Å². The highest BCUT2D eigenvalue weighted by atomic mass is 79.9. The van der Waals surface area contributed by atoms with Crippen LogP contribution >= 0.6 is 15.9 Å². The second-order valence-electron chi connectivity index (χ2n) is 5.56. The van der Waals surface area contributed by atoms with Gasteiger partial charge in [-0.3, -0.25) is 0 Å². The molecule has 21 heavy (non-hydrogen) atoms. The normalized spacial score (nSPS) is 18.1. The van der Waals surface area contributed by atoms with Crippen molar-refractivity contribution in [2.24, 2.45) is 0 Å². The van der Waals surface area contributed by atoms with E-state index in [0.717, 1.165) is 25.1 Å². The van der Waals surface area contributed by atoms with Gasteiger partial charge >= 0.3 is 0 Å². The van der Waals surface area contributed by atoms with Gasteiger partial charge in [0.25, 0.3) is 0 Å². The van der Waals surface area contributed by atoms with Gasteiger partial charge in [-0.2, -0.15) is 0 Å². The summed E-state index contributed by atoms with van der Waals surface area (Å²) in [5, 5.41) is 3.31. The standard InChI is InChI=1S/C18H20BrNO/c1-20-12-14(16-7-3-4-8-17(16)19)11-15-10-13-6-2-5-9-18(13)21-15/h2-9,14-15,20H,10-12H2,1H3. The van der Waals surface area contributed by atoms with E-state index < -0.39 is 0 Å². The Morgan fingerprint density at radius 3 is 2.71 bits per heavy atom. The lowest BCUT2D eigenvalue weighted by Gasteiger charge is -2.22. The van der Waals surface area contributed by atoms with Gasteiger partial charge in [-0.15, -0.1) is 0 Å². The second-order valence-corrected chi connectivity index (χ2v) is 6.42. The Bertz CT molecular complexity index is 589. The fraction of sp³-hybridized carbons (Fsp3) is 0.333. The molecule has 0 amide bonds. The number of ether oxygens (including phenoxy) is 1. The van der Waals surface area contributed by atoms with Crippen LogP contribution in [0.15, 0.2) is 53.0 Å². The minimum absolute atomic E-state index is 0.271. The number of halogens is 1. The largest absolute Gasteiger partial charge is 0.490 e. The third kappa shape index (κ3) is 3.30. The minimum atomic E-state index is 0.271. The van der Waals surface area contributed by atoms with Gasteiger partial charge < -0.3 is 10.1 Å². The number of nitrogens with one attached hydrogen (secondary N) is 1. The molecule has 0 saturated heterocycles. The molecule has 3 heteroatoms. The molecule has 2 atom stereocenters. The first-order valence-corrected chi connectivity index (χ1v) is 8.21. The molecule has 1 heterocycles. The van der Waals surface area contributed by atoms with Crippen LogP contribution < -0.4 is 10.1 Å². The lowest BCUT2D eigenvalue weighted by molar-refractivity contribution is 0.209. The summed E-state index contributed by atoms with van der Waals surface area (Å²) < 4.78 is 7.28. The molecule has 2 nitrogen and oxygen atoms in total. The van der Waals surface area contributed by atoms with Gasteiger partial charge in [-0.25, -0.2) is 0 Å². The van der Waals surface area contributed by atoms with Crippen molar-refractivity contribution in [1.29, 1.82) is 0 Å². The van der Waals surface area contributed by atoms with Gasteiger partial charge in [0.15, 0.2) is 0 Å². The summed E-state index contributed by atoms with van der Waals surface area (Å²) in [7, 11) is 2.01. The molecule has 0 aliphatic carbocycles. The highest BCUT2D eigenvalue weighted by Gasteiger charge is 2.26. The lowest BCUT2D eigenvalue weighted by atomic mass is 9.91. The summed E-state index contributed by atoms with van der Waals surface area (Å²) in [6.45, 7) is 0.957. The minimum Gasteiger partial charge on any atom is -0.490 e. The molecule has 0 fully saturated rings. The Kier molecular flexibility index (Phi) is 4.61. The molecule has 1 aliphatic rings. The van der Waals surface area contributed by atoms with Crippen molar-refractivity contribution >= 4 is 15.9 Å². The first-order chi connectivity index (χ1) is 10.3. The first kappa shape index (κ1) is 14.6. The van der Waals surface area contributed by atoms with Crippen molar-refractivity contribution in [3.63, 3.8) is 0 Å². The molecule has 0 radical (unpaired) electrons. The fourth-order valence-electron chi connectivity index (χ4n) is 3.08. The van der Waals surface area contributed by atoms with Crippen molar-refractivity contribution in [2.75, 3.05) is 13.6 Å². The predicted octanol–water partition coefficient (Wildman–Crippen LogP) is 4.15. The Labute approximate surface area is 134 Å². The van der Waals surface area contributed by atoms with E-state index in [1.54, 1.807) is 0 Å². The Morgan fingerprint density at radius 2 is 1.95 bits per heavy atom. The maximum Gasteiger partial charge on any atom is 0.123 e. The molecule has 1 N–H and O–H groups in total. The Balaban J connectivity index is 1.74. The van der Waals surface area contributed by atoms with E-state index in [2.05, 4.69) is 63.7 Å².